The maximum atomic E-state index is 12.3. The van der Waals surface area contributed by atoms with Gasteiger partial charge in [-0.25, -0.2) is 8.42 Å². The van der Waals surface area contributed by atoms with Gasteiger partial charge in [0, 0.05) is 6.42 Å². The van der Waals surface area contributed by atoms with Gasteiger partial charge in [-0.2, -0.15) is 0 Å². The molecule has 0 saturated heterocycles. The highest BCUT2D eigenvalue weighted by Crippen LogP contribution is 2.15. The lowest BCUT2D eigenvalue weighted by Gasteiger charge is -2.14. The van der Waals surface area contributed by atoms with Crippen LogP contribution in [0.15, 0.2) is 48.5 Å². The molecule has 1 N–H and O–H groups in total. The summed E-state index contributed by atoms with van der Waals surface area (Å²) in [5, 5.41) is 2.85. The number of aryl methyl sites for hydroxylation is 2. The molecule has 0 radical (unpaired) electrons. The number of hydrogen-bond donors (Lipinski definition) is 1. The largest absolute Gasteiger partial charge is 0.350 e. The number of rotatable bonds is 7. The van der Waals surface area contributed by atoms with Gasteiger partial charge in [-0.3, -0.25) is 4.79 Å². The Kier molecular flexibility index (Phi) is 6.37. The Bertz CT molecular complexity index is 829. The van der Waals surface area contributed by atoms with Gasteiger partial charge in [-0.1, -0.05) is 54.1 Å². The van der Waals surface area contributed by atoms with Gasteiger partial charge in [0.05, 0.1) is 17.5 Å². The van der Waals surface area contributed by atoms with Crippen LogP contribution in [-0.4, -0.2) is 20.1 Å². The first kappa shape index (κ1) is 19.2. The van der Waals surface area contributed by atoms with Gasteiger partial charge < -0.3 is 5.32 Å². The van der Waals surface area contributed by atoms with Crippen molar-refractivity contribution in [1.82, 2.24) is 5.32 Å². The molecule has 0 fully saturated rings. The molecule has 4 nitrogen and oxygen atoms in total. The lowest BCUT2D eigenvalue weighted by atomic mass is 10.1. The zero-order chi connectivity index (χ0) is 18.4. The third-order valence-electron chi connectivity index (χ3n) is 4.20. The van der Waals surface area contributed by atoms with Crippen LogP contribution >= 0.6 is 0 Å². The average Bonchev–Trinajstić information content (AvgIpc) is 2.57. The topological polar surface area (TPSA) is 63.2 Å². The predicted molar refractivity (Wildman–Crippen MR) is 101 cm³/mol. The van der Waals surface area contributed by atoms with Crippen LogP contribution in [0.5, 0.6) is 0 Å². The van der Waals surface area contributed by atoms with Crippen LogP contribution in [0.25, 0.3) is 0 Å². The molecule has 1 unspecified atom stereocenters. The summed E-state index contributed by atoms with van der Waals surface area (Å²) in [6, 6.07) is 15.2. The number of amides is 1. The van der Waals surface area contributed by atoms with E-state index < -0.39 is 9.84 Å². The van der Waals surface area contributed by atoms with E-state index in [0.717, 1.165) is 22.3 Å². The van der Waals surface area contributed by atoms with Crippen LogP contribution in [0.2, 0.25) is 0 Å². The fourth-order valence-corrected chi connectivity index (χ4v) is 4.08. The van der Waals surface area contributed by atoms with Crippen molar-refractivity contribution in [2.75, 3.05) is 5.75 Å². The number of nitrogens with one attached hydrogen (secondary N) is 1. The monoisotopic (exact) mass is 359 g/mol. The van der Waals surface area contributed by atoms with Gasteiger partial charge in [0.15, 0.2) is 9.84 Å². The Balaban J connectivity index is 1.90. The molecule has 0 aromatic heterocycles. The summed E-state index contributed by atoms with van der Waals surface area (Å²) in [7, 11) is -3.33. The number of carbonyl (C=O) groups excluding carboxylic acids is 1. The van der Waals surface area contributed by atoms with Crippen LogP contribution in [0, 0.1) is 13.8 Å². The van der Waals surface area contributed by atoms with Crippen LogP contribution < -0.4 is 5.32 Å². The standard InChI is InChI=1S/C20H25NO3S/c1-15-9-10-16(2)19(13-15)14-25(23,24)12-11-20(22)21-17(3)18-7-5-4-6-8-18/h4-10,13,17H,11-12,14H2,1-3H3,(H,21,22). The van der Waals surface area contributed by atoms with E-state index in [1.165, 1.54) is 0 Å². The van der Waals surface area contributed by atoms with E-state index in [1.54, 1.807) is 0 Å². The molecule has 0 aliphatic rings. The lowest BCUT2D eigenvalue weighted by Crippen LogP contribution is -2.28. The van der Waals surface area contributed by atoms with Gasteiger partial charge in [0.1, 0.15) is 0 Å². The first-order valence-electron chi connectivity index (χ1n) is 8.38. The predicted octanol–water partition coefficient (Wildman–Crippen LogP) is 3.49. The third-order valence-corrected chi connectivity index (χ3v) is 5.77. The molecule has 0 aliphatic heterocycles. The van der Waals surface area contributed by atoms with Gasteiger partial charge in [0.2, 0.25) is 5.91 Å². The molecule has 0 bridgehead atoms. The van der Waals surface area contributed by atoms with Crippen molar-refractivity contribution in [2.45, 2.75) is 39.0 Å². The van der Waals surface area contributed by atoms with Crippen LogP contribution in [0.1, 0.15) is 41.6 Å². The van der Waals surface area contributed by atoms with Gasteiger partial charge in [0.25, 0.3) is 0 Å². The Hall–Kier alpha value is -2.14. The van der Waals surface area contributed by atoms with Crippen molar-refractivity contribution < 1.29 is 13.2 Å². The Morgan fingerprint density at radius 1 is 1.08 bits per heavy atom. The molecule has 1 amide bonds. The summed E-state index contributed by atoms with van der Waals surface area (Å²) in [6.07, 6.45) is -0.0234. The number of benzene rings is 2. The van der Waals surface area contributed by atoms with Gasteiger partial charge in [-0.05, 0) is 37.5 Å². The minimum absolute atomic E-state index is 0.0234. The van der Waals surface area contributed by atoms with Crippen molar-refractivity contribution in [3.05, 3.63) is 70.8 Å². The normalized spacial score (nSPS) is 12.6. The van der Waals surface area contributed by atoms with Crippen LogP contribution in [0.3, 0.4) is 0 Å². The zero-order valence-electron chi connectivity index (χ0n) is 15.0. The first-order chi connectivity index (χ1) is 11.8. The summed E-state index contributed by atoms with van der Waals surface area (Å²) in [6.45, 7) is 5.73. The Morgan fingerprint density at radius 2 is 1.76 bits per heavy atom. The van der Waals surface area contributed by atoms with Gasteiger partial charge >= 0.3 is 0 Å². The first-order valence-corrected chi connectivity index (χ1v) is 10.2. The molecule has 1 atom stereocenters. The second-order valence-electron chi connectivity index (χ2n) is 6.47. The molecule has 134 valence electrons. The molecule has 0 saturated carbocycles. The van der Waals surface area contributed by atoms with Crippen LogP contribution in [0.4, 0.5) is 0 Å². The highest BCUT2D eigenvalue weighted by molar-refractivity contribution is 7.90. The van der Waals surface area contributed by atoms with Crippen molar-refractivity contribution >= 4 is 15.7 Å². The zero-order valence-corrected chi connectivity index (χ0v) is 15.8. The molecule has 2 aromatic carbocycles. The molecular weight excluding hydrogens is 334 g/mol. The molecule has 0 heterocycles. The summed E-state index contributed by atoms with van der Waals surface area (Å²) in [4.78, 5) is 12.1. The third kappa shape index (κ3) is 6.02. The summed E-state index contributed by atoms with van der Waals surface area (Å²) < 4.78 is 24.7. The molecule has 5 heteroatoms. The second kappa shape index (κ2) is 8.30. The molecule has 2 aromatic rings. The summed E-state index contributed by atoms with van der Waals surface area (Å²) >= 11 is 0. The molecule has 2 rings (SSSR count). The Morgan fingerprint density at radius 3 is 2.44 bits per heavy atom. The van der Waals surface area contributed by atoms with Crippen molar-refractivity contribution in [2.24, 2.45) is 0 Å². The SMILES string of the molecule is Cc1ccc(C)c(CS(=O)(=O)CCC(=O)NC(C)c2ccccc2)c1. The number of carbonyl (C=O) groups is 1. The minimum atomic E-state index is -3.33. The number of sulfone groups is 1. The van der Waals surface area contributed by atoms with E-state index >= 15 is 0 Å². The quantitative estimate of drug-likeness (QED) is 0.823. The maximum absolute atomic E-state index is 12.3. The summed E-state index contributed by atoms with van der Waals surface area (Å²) in [5.41, 5.74) is 3.79. The van der Waals surface area contributed by atoms with Crippen LogP contribution in [-0.2, 0) is 20.4 Å². The lowest BCUT2D eigenvalue weighted by molar-refractivity contribution is -0.121. The number of hydrogen-bond acceptors (Lipinski definition) is 3. The van der Waals surface area contributed by atoms with Crippen molar-refractivity contribution in [3.8, 4) is 0 Å². The fraction of sp³-hybridized carbons (Fsp3) is 0.350. The second-order valence-corrected chi connectivity index (χ2v) is 8.66. The highest BCUT2D eigenvalue weighted by Gasteiger charge is 2.17. The minimum Gasteiger partial charge on any atom is -0.350 e. The molecule has 0 spiro atoms. The van der Waals surface area contributed by atoms with E-state index in [-0.39, 0.29) is 29.9 Å². The van der Waals surface area contributed by atoms with E-state index in [2.05, 4.69) is 5.32 Å². The Labute approximate surface area is 150 Å². The highest BCUT2D eigenvalue weighted by atomic mass is 32.2. The van der Waals surface area contributed by atoms with E-state index in [0.29, 0.717) is 0 Å². The smallest absolute Gasteiger partial charge is 0.221 e. The molecule has 0 aliphatic carbocycles. The van der Waals surface area contributed by atoms with Gasteiger partial charge in [-0.15, -0.1) is 0 Å². The maximum Gasteiger partial charge on any atom is 0.221 e. The summed E-state index contributed by atoms with van der Waals surface area (Å²) in [5.74, 6) is -0.420. The van der Waals surface area contributed by atoms with Crippen molar-refractivity contribution in [3.63, 3.8) is 0 Å². The molecule has 25 heavy (non-hydrogen) atoms. The van der Waals surface area contributed by atoms with E-state index in [1.807, 2.05) is 69.3 Å². The van der Waals surface area contributed by atoms with E-state index in [4.69, 9.17) is 0 Å². The fourth-order valence-electron chi connectivity index (χ4n) is 2.65. The van der Waals surface area contributed by atoms with E-state index in [9.17, 15) is 13.2 Å². The average molecular weight is 359 g/mol. The molecular formula is C20H25NO3S. The van der Waals surface area contributed by atoms with Crippen molar-refractivity contribution in [1.29, 1.82) is 0 Å².